The molecule has 2 saturated carbocycles. The van der Waals surface area contributed by atoms with Gasteiger partial charge in [0, 0.05) is 47.8 Å². The Labute approximate surface area is 341 Å². The van der Waals surface area contributed by atoms with Gasteiger partial charge in [0.25, 0.3) is 0 Å². The van der Waals surface area contributed by atoms with E-state index in [0.717, 1.165) is 48.2 Å². The van der Waals surface area contributed by atoms with Crippen LogP contribution in [-0.2, 0) is 30.1 Å². The van der Waals surface area contributed by atoms with Crippen molar-refractivity contribution in [2.45, 2.75) is 135 Å². The molecule has 6 rings (SSSR count). The Balaban J connectivity index is 1.35. The Kier molecular flexibility index (Phi) is 12.8. The fraction of sp³-hybridized carbons (Fsp3) is 0.614. The van der Waals surface area contributed by atoms with Crippen LogP contribution in [0.1, 0.15) is 105 Å². The SMILES string of the molecule is C=C[C@@H]1C[C@]1(CC(=O)[C@@H]1C[C@@H](Oc2cc(-c3csc(CC(C)C)n3)nc3cc(OC)ccc23)CN1C(=O)[C@@H](CC(=O)OC1CCCC1)C(C)(C)C)P(=O)(O)C(C)C. The summed E-state index contributed by atoms with van der Waals surface area (Å²) < 4.78 is 32.1. The van der Waals surface area contributed by atoms with Crippen molar-refractivity contribution < 1.29 is 38.1 Å². The molecule has 3 heterocycles. The number of pyridine rings is 1. The van der Waals surface area contributed by atoms with E-state index in [1.807, 2.05) is 50.4 Å². The second-order valence-electron chi connectivity index (χ2n) is 18.1. The fourth-order valence-electron chi connectivity index (χ4n) is 8.63. The molecular formula is C44H60N3O8PS. The number of amides is 1. The van der Waals surface area contributed by atoms with Crippen LogP contribution >= 0.6 is 18.7 Å². The number of Topliss-reactive ketones (excluding diaryl/α,β-unsaturated/α-hetero) is 1. The van der Waals surface area contributed by atoms with Crippen molar-refractivity contribution in [2.75, 3.05) is 13.7 Å². The number of esters is 1. The summed E-state index contributed by atoms with van der Waals surface area (Å²) in [5.74, 6) is -0.492. The molecule has 57 heavy (non-hydrogen) atoms. The lowest BCUT2D eigenvalue weighted by atomic mass is 9.77. The lowest BCUT2D eigenvalue weighted by molar-refractivity contribution is -0.156. The third-order valence-corrected chi connectivity index (χ3v) is 16.3. The highest BCUT2D eigenvalue weighted by Crippen LogP contribution is 2.74. The van der Waals surface area contributed by atoms with Gasteiger partial charge in [-0.05, 0) is 61.5 Å². The summed E-state index contributed by atoms with van der Waals surface area (Å²) in [5, 5.41) is 2.61. The van der Waals surface area contributed by atoms with Gasteiger partial charge in [-0.25, -0.2) is 9.97 Å². The van der Waals surface area contributed by atoms with Crippen molar-refractivity contribution in [1.29, 1.82) is 0 Å². The molecule has 3 aliphatic rings. The van der Waals surface area contributed by atoms with Gasteiger partial charge >= 0.3 is 5.97 Å². The minimum Gasteiger partial charge on any atom is -0.497 e. The molecule has 0 radical (unpaired) electrons. The largest absolute Gasteiger partial charge is 0.497 e. The first-order chi connectivity index (χ1) is 26.9. The van der Waals surface area contributed by atoms with Crippen LogP contribution in [0.15, 0.2) is 42.3 Å². The normalized spacial score (nSPS) is 24.1. The molecule has 11 nitrogen and oxygen atoms in total. The summed E-state index contributed by atoms with van der Waals surface area (Å²) in [5.41, 5.74) is 0.813. The van der Waals surface area contributed by atoms with Crippen LogP contribution in [0.4, 0.5) is 0 Å². The molecule has 3 aromatic rings. The topological polar surface area (TPSA) is 145 Å². The predicted molar refractivity (Wildman–Crippen MR) is 224 cm³/mol. The molecule has 6 atom stereocenters. The molecule has 0 bridgehead atoms. The summed E-state index contributed by atoms with van der Waals surface area (Å²) in [6, 6.07) is 6.49. The van der Waals surface area contributed by atoms with Crippen LogP contribution < -0.4 is 9.47 Å². The number of thiazole rings is 1. The monoisotopic (exact) mass is 821 g/mol. The van der Waals surface area contributed by atoms with Crippen molar-refractivity contribution in [3.8, 4) is 22.9 Å². The lowest BCUT2D eigenvalue weighted by Gasteiger charge is -2.35. The molecular weight excluding hydrogens is 762 g/mol. The number of fused-ring (bicyclic) bond motifs is 1. The molecule has 1 unspecified atom stereocenters. The standard InChI is InChI=1S/C44H60N3O8PS/c1-10-28-22-44(28,56(51,52)27(4)5)23-38(48)37-19-31(24-47(37)42(50)33(43(6,7)8)20-41(49)55-29-13-11-12-14-29)54-39-21-35(36-25-57-40(46-36)17-26(2)3)45-34-18-30(53-9)15-16-32(34)39/h10,15-16,18,21,25-29,31,33,37H,1,11-14,17,19-20,22-24H2,2-9H3,(H,51,52)/t28-,31-,33-,37+,44-/m1/s1. The first-order valence-electron chi connectivity index (χ1n) is 20.4. The maximum atomic E-state index is 14.8. The number of carbonyl (C=O) groups is 3. The van der Waals surface area contributed by atoms with E-state index in [0.29, 0.717) is 35.0 Å². The molecule has 1 N–H and O–H groups in total. The van der Waals surface area contributed by atoms with Crippen LogP contribution in [-0.4, -0.2) is 80.1 Å². The maximum absolute atomic E-state index is 14.8. The Hall–Kier alpha value is -3.60. The Morgan fingerprint density at radius 2 is 1.81 bits per heavy atom. The summed E-state index contributed by atoms with van der Waals surface area (Å²) in [6.07, 6.45) is 5.71. The summed E-state index contributed by atoms with van der Waals surface area (Å²) in [7, 11) is -2.20. The molecule has 1 aliphatic heterocycles. The molecule has 1 amide bonds. The van der Waals surface area contributed by atoms with Gasteiger partial charge in [0.1, 0.15) is 23.7 Å². The molecule has 0 spiro atoms. The van der Waals surface area contributed by atoms with Crippen LogP contribution in [0.3, 0.4) is 0 Å². The Bertz CT molecular complexity index is 2030. The summed E-state index contributed by atoms with van der Waals surface area (Å²) >= 11 is 1.59. The van der Waals surface area contributed by atoms with Crippen molar-refractivity contribution in [2.24, 2.45) is 23.2 Å². The van der Waals surface area contributed by atoms with Crippen LogP contribution in [0.5, 0.6) is 11.5 Å². The number of rotatable bonds is 16. The number of likely N-dealkylation sites (tertiary alicyclic amines) is 1. The van der Waals surface area contributed by atoms with Crippen molar-refractivity contribution >= 4 is 47.3 Å². The average molecular weight is 822 g/mol. The van der Waals surface area contributed by atoms with Crippen molar-refractivity contribution in [1.82, 2.24) is 14.9 Å². The van der Waals surface area contributed by atoms with E-state index in [2.05, 4.69) is 20.4 Å². The van der Waals surface area contributed by atoms with Gasteiger partial charge in [-0.1, -0.05) is 54.5 Å². The highest BCUT2D eigenvalue weighted by molar-refractivity contribution is 7.60. The molecule has 13 heteroatoms. The van der Waals surface area contributed by atoms with Gasteiger partial charge in [-0.3, -0.25) is 18.9 Å². The van der Waals surface area contributed by atoms with Crippen LogP contribution in [0.25, 0.3) is 22.3 Å². The Morgan fingerprint density at radius 1 is 1.09 bits per heavy atom. The highest BCUT2D eigenvalue weighted by Gasteiger charge is 2.66. The van der Waals surface area contributed by atoms with E-state index in [1.54, 1.807) is 43.3 Å². The van der Waals surface area contributed by atoms with Crippen molar-refractivity contribution in [3.05, 3.63) is 47.3 Å². The highest BCUT2D eigenvalue weighted by atomic mass is 32.1. The number of nitrogens with zero attached hydrogens (tertiary/aromatic N) is 3. The number of benzene rings is 1. The Morgan fingerprint density at radius 3 is 2.42 bits per heavy atom. The smallest absolute Gasteiger partial charge is 0.306 e. The van der Waals surface area contributed by atoms with Crippen LogP contribution in [0, 0.1) is 23.2 Å². The third-order valence-electron chi connectivity index (χ3n) is 12.1. The van der Waals surface area contributed by atoms with Gasteiger partial charge in [-0.2, -0.15) is 0 Å². The number of hydrogen-bond acceptors (Lipinski definition) is 10. The number of ether oxygens (including phenoxy) is 3. The third kappa shape index (κ3) is 9.18. The number of ketones is 1. The number of aromatic nitrogens is 2. The second kappa shape index (κ2) is 16.9. The summed E-state index contributed by atoms with van der Waals surface area (Å²) in [4.78, 5) is 65.6. The van der Waals surface area contributed by atoms with E-state index in [9.17, 15) is 23.8 Å². The van der Waals surface area contributed by atoms with Crippen LogP contribution in [0.2, 0.25) is 0 Å². The predicted octanol–water partition coefficient (Wildman–Crippen LogP) is 9.03. The number of hydrogen-bond donors (Lipinski definition) is 1. The van der Waals surface area contributed by atoms with E-state index < -0.39 is 47.6 Å². The molecule has 2 aliphatic carbocycles. The number of carbonyl (C=O) groups excluding carboxylic acids is 3. The van der Waals surface area contributed by atoms with Gasteiger partial charge in [0.2, 0.25) is 13.3 Å². The van der Waals surface area contributed by atoms with Gasteiger partial charge in [0.15, 0.2) is 5.78 Å². The van der Waals surface area contributed by atoms with Gasteiger partial charge in [-0.15, -0.1) is 17.9 Å². The minimum absolute atomic E-state index is 0.0862. The zero-order valence-corrected chi connectivity index (χ0v) is 36.5. The quantitative estimate of drug-likeness (QED) is 0.0844. The van der Waals surface area contributed by atoms with Crippen molar-refractivity contribution in [3.63, 3.8) is 0 Å². The van der Waals surface area contributed by atoms with E-state index >= 15 is 0 Å². The minimum atomic E-state index is -3.80. The van der Waals surface area contributed by atoms with E-state index in [4.69, 9.17) is 24.2 Å². The van der Waals surface area contributed by atoms with Gasteiger partial charge < -0.3 is 24.0 Å². The zero-order chi connectivity index (χ0) is 41.4. The first-order valence-corrected chi connectivity index (χ1v) is 23.1. The fourth-order valence-corrected chi connectivity index (χ4v) is 12.1. The lowest BCUT2D eigenvalue weighted by Crippen LogP contribution is -2.48. The average Bonchev–Trinajstić information content (AvgIpc) is 3.55. The molecule has 1 aromatic carbocycles. The number of allylic oxidation sites excluding steroid dienone is 1. The van der Waals surface area contributed by atoms with E-state index in [1.165, 1.54) is 0 Å². The first kappa shape index (κ1) is 43.0. The maximum Gasteiger partial charge on any atom is 0.306 e. The summed E-state index contributed by atoms with van der Waals surface area (Å²) in [6.45, 7) is 17.5. The van der Waals surface area contributed by atoms with Gasteiger partial charge in [0.05, 0.1) is 59.1 Å². The molecule has 2 aromatic heterocycles. The molecule has 1 saturated heterocycles. The second-order valence-corrected chi connectivity index (χ2v) is 22.2. The van der Waals surface area contributed by atoms with E-state index in [-0.39, 0.29) is 49.5 Å². The zero-order valence-electron chi connectivity index (χ0n) is 34.8. The molecule has 310 valence electrons. The molecule has 3 fully saturated rings. The number of methoxy groups -OCH3 is 1.